The summed E-state index contributed by atoms with van der Waals surface area (Å²) >= 11 is 1.81. The van der Waals surface area contributed by atoms with Crippen LogP contribution in [0.5, 0.6) is 0 Å². The lowest BCUT2D eigenvalue weighted by molar-refractivity contribution is 0.617. The highest BCUT2D eigenvalue weighted by Crippen LogP contribution is 2.37. The van der Waals surface area contributed by atoms with Gasteiger partial charge in [-0.2, -0.15) is 0 Å². The van der Waals surface area contributed by atoms with E-state index in [0.29, 0.717) is 0 Å². The zero-order valence-corrected chi connectivity index (χ0v) is 10.4. The number of rotatable bonds is 1. The van der Waals surface area contributed by atoms with Gasteiger partial charge in [-0.1, -0.05) is 36.4 Å². The van der Waals surface area contributed by atoms with Crippen molar-refractivity contribution in [3.63, 3.8) is 0 Å². The number of para-hydroxylation sites is 1. The highest BCUT2D eigenvalue weighted by molar-refractivity contribution is 7.22. The molecule has 0 unspecified atom stereocenters. The Morgan fingerprint density at radius 3 is 2.67 bits per heavy atom. The van der Waals surface area contributed by atoms with Gasteiger partial charge in [0.1, 0.15) is 11.8 Å². The Hall–Kier alpha value is -2.06. The molecule has 4 rings (SSSR count). The number of hydrogen-bond acceptors (Lipinski definition) is 2. The van der Waals surface area contributed by atoms with E-state index in [1.807, 2.05) is 29.7 Å². The van der Waals surface area contributed by atoms with Gasteiger partial charge in [-0.3, -0.25) is 0 Å². The molecule has 0 N–H and O–H groups in total. The molecule has 0 fully saturated rings. The maximum Gasteiger partial charge on any atom is 0.134 e. The fourth-order valence-corrected chi connectivity index (χ4v) is 3.37. The average Bonchev–Trinajstić information content (AvgIpc) is 3.02. The van der Waals surface area contributed by atoms with Gasteiger partial charge in [-0.15, -0.1) is 11.3 Å². The SMILES string of the molecule is c1ccc2sc(-c3coc4ccccc34)cc2c1. The van der Waals surface area contributed by atoms with E-state index < -0.39 is 0 Å². The van der Waals surface area contributed by atoms with Gasteiger partial charge in [0.2, 0.25) is 0 Å². The van der Waals surface area contributed by atoms with E-state index in [-0.39, 0.29) is 0 Å². The summed E-state index contributed by atoms with van der Waals surface area (Å²) in [5, 5.41) is 2.48. The van der Waals surface area contributed by atoms with Crippen LogP contribution in [0.2, 0.25) is 0 Å². The second-order valence-corrected chi connectivity index (χ2v) is 5.38. The molecule has 0 atom stereocenters. The summed E-state index contributed by atoms with van der Waals surface area (Å²) in [6.07, 6.45) is 1.86. The zero-order chi connectivity index (χ0) is 11.9. The third-order valence-corrected chi connectivity index (χ3v) is 4.32. The van der Waals surface area contributed by atoms with Crippen molar-refractivity contribution < 1.29 is 4.42 Å². The van der Waals surface area contributed by atoms with E-state index in [0.717, 1.165) is 5.58 Å². The van der Waals surface area contributed by atoms with Crippen LogP contribution in [-0.2, 0) is 0 Å². The summed E-state index contributed by atoms with van der Waals surface area (Å²) < 4.78 is 6.92. The predicted octanol–water partition coefficient (Wildman–Crippen LogP) is 5.31. The first-order valence-corrected chi connectivity index (χ1v) is 6.69. The molecule has 18 heavy (non-hydrogen) atoms. The molecule has 86 valence electrons. The van der Waals surface area contributed by atoms with Crippen LogP contribution in [0.3, 0.4) is 0 Å². The summed E-state index contributed by atoms with van der Waals surface area (Å²) in [6, 6.07) is 18.9. The molecule has 4 aromatic rings. The van der Waals surface area contributed by atoms with Gasteiger partial charge in [0, 0.05) is 20.5 Å². The zero-order valence-electron chi connectivity index (χ0n) is 9.59. The second-order valence-electron chi connectivity index (χ2n) is 4.29. The van der Waals surface area contributed by atoms with Crippen molar-refractivity contribution in [1.82, 2.24) is 0 Å². The summed E-state index contributed by atoms with van der Waals surface area (Å²) in [5.74, 6) is 0. The van der Waals surface area contributed by atoms with Crippen molar-refractivity contribution in [3.05, 3.63) is 60.9 Å². The lowest BCUT2D eigenvalue weighted by Crippen LogP contribution is -1.67. The number of fused-ring (bicyclic) bond motifs is 2. The highest BCUT2D eigenvalue weighted by atomic mass is 32.1. The standard InChI is InChI=1S/C16H10OS/c1-4-8-15-11(5-1)9-16(18-15)13-10-17-14-7-3-2-6-12(13)14/h1-10H. The van der Waals surface area contributed by atoms with Gasteiger partial charge >= 0.3 is 0 Å². The van der Waals surface area contributed by atoms with Crippen LogP contribution in [0.1, 0.15) is 0 Å². The number of thiophene rings is 1. The van der Waals surface area contributed by atoms with Crippen LogP contribution in [0.4, 0.5) is 0 Å². The van der Waals surface area contributed by atoms with Gasteiger partial charge in [0.15, 0.2) is 0 Å². The van der Waals surface area contributed by atoms with Gasteiger partial charge in [-0.25, -0.2) is 0 Å². The van der Waals surface area contributed by atoms with Crippen molar-refractivity contribution in [2.75, 3.05) is 0 Å². The van der Waals surface area contributed by atoms with Crippen LogP contribution < -0.4 is 0 Å². The first kappa shape index (κ1) is 9.92. The molecule has 0 aliphatic carbocycles. The van der Waals surface area contributed by atoms with Crippen LogP contribution in [0.15, 0.2) is 65.3 Å². The fourth-order valence-electron chi connectivity index (χ4n) is 2.28. The monoisotopic (exact) mass is 250 g/mol. The van der Waals surface area contributed by atoms with Crippen LogP contribution in [-0.4, -0.2) is 0 Å². The summed E-state index contributed by atoms with van der Waals surface area (Å²) in [7, 11) is 0. The predicted molar refractivity (Wildman–Crippen MR) is 77.0 cm³/mol. The maximum atomic E-state index is 5.61. The smallest absolute Gasteiger partial charge is 0.134 e. The first-order valence-electron chi connectivity index (χ1n) is 5.87. The quantitative estimate of drug-likeness (QED) is 0.446. The molecule has 2 aromatic heterocycles. The molecule has 0 saturated heterocycles. The van der Waals surface area contributed by atoms with Gasteiger partial charge in [0.05, 0.1) is 0 Å². The van der Waals surface area contributed by atoms with E-state index in [2.05, 4.69) is 42.5 Å². The van der Waals surface area contributed by atoms with Gasteiger partial charge in [-0.05, 0) is 23.6 Å². The van der Waals surface area contributed by atoms with E-state index in [9.17, 15) is 0 Å². The van der Waals surface area contributed by atoms with Crippen molar-refractivity contribution in [3.8, 4) is 10.4 Å². The minimum absolute atomic E-state index is 0.949. The topological polar surface area (TPSA) is 13.1 Å². The minimum atomic E-state index is 0.949. The van der Waals surface area contributed by atoms with Gasteiger partial charge < -0.3 is 4.42 Å². The Labute approximate surface area is 108 Å². The molecular weight excluding hydrogens is 240 g/mol. The lowest BCUT2D eigenvalue weighted by Gasteiger charge is -1.91. The average molecular weight is 250 g/mol. The third-order valence-electron chi connectivity index (χ3n) is 3.17. The Bertz CT molecular complexity index is 805. The lowest BCUT2D eigenvalue weighted by atomic mass is 10.1. The molecule has 0 saturated carbocycles. The third kappa shape index (κ3) is 1.39. The maximum absolute atomic E-state index is 5.61. The molecule has 2 aromatic carbocycles. The summed E-state index contributed by atoms with van der Waals surface area (Å²) in [4.78, 5) is 1.26. The van der Waals surface area contributed by atoms with E-state index >= 15 is 0 Å². The molecule has 0 radical (unpaired) electrons. The largest absolute Gasteiger partial charge is 0.464 e. The highest BCUT2D eigenvalue weighted by Gasteiger charge is 2.10. The Morgan fingerprint density at radius 2 is 1.72 bits per heavy atom. The minimum Gasteiger partial charge on any atom is -0.464 e. The summed E-state index contributed by atoms with van der Waals surface area (Å²) in [6.45, 7) is 0. The Kier molecular flexibility index (Phi) is 2.05. The first-order chi connectivity index (χ1) is 8.92. The van der Waals surface area contributed by atoms with E-state index in [1.165, 1.54) is 25.9 Å². The van der Waals surface area contributed by atoms with E-state index in [4.69, 9.17) is 4.42 Å². The van der Waals surface area contributed by atoms with Crippen LogP contribution >= 0.6 is 11.3 Å². The molecule has 2 heterocycles. The van der Waals surface area contributed by atoms with Gasteiger partial charge in [0.25, 0.3) is 0 Å². The van der Waals surface area contributed by atoms with Crippen molar-refractivity contribution in [2.24, 2.45) is 0 Å². The molecule has 1 nitrogen and oxygen atoms in total. The molecule has 0 aliphatic heterocycles. The van der Waals surface area contributed by atoms with Crippen molar-refractivity contribution in [1.29, 1.82) is 0 Å². The molecule has 0 bridgehead atoms. The molecule has 0 spiro atoms. The van der Waals surface area contributed by atoms with Crippen molar-refractivity contribution >= 4 is 32.4 Å². The van der Waals surface area contributed by atoms with E-state index in [1.54, 1.807) is 0 Å². The molecule has 2 heteroatoms. The fraction of sp³-hybridized carbons (Fsp3) is 0. The van der Waals surface area contributed by atoms with Crippen LogP contribution in [0, 0.1) is 0 Å². The molecular formula is C16H10OS. The Morgan fingerprint density at radius 1 is 0.889 bits per heavy atom. The van der Waals surface area contributed by atoms with Crippen LogP contribution in [0.25, 0.3) is 31.5 Å². The second kappa shape index (κ2) is 3.72. The molecule has 0 amide bonds. The summed E-state index contributed by atoms with van der Waals surface area (Å²) in [5.41, 5.74) is 2.14. The number of hydrogen-bond donors (Lipinski definition) is 0. The van der Waals surface area contributed by atoms with Crippen molar-refractivity contribution in [2.45, 2.75) is 0 Å². The Balaban J connectivity index is 2.01. The number of furan rings is 1. The molecule has 0 aliphatic rings. The normalized spacial score (nSPS) is 11.3. The number of benzene rings is 2.